The Labute approximate surface area is 207 Å². The molecule has 0 amide bonds. The van der Waals surface area contributed by atoms with Crippen LogP contribution in [-0.2, 0) is 0 Å². The van der Waals surface area contributed by atoms with Gasteiger partial charge in [-0.2, -0.15) is 0 Å². The van der Waals surface area contributed by atoms with Gasteiger partial charge in [0.1, 0.15) is 5.75 Å². The summed E-state index contributed by atoms with van der Waals surface area (Å²) in [5, 5.41) is 30.7. The third-order valence-electron chi connectivity index (χ3n) is 6.47. The summed E-state index contributed by atoms with van der Waals surface area (Å²) in [6.45, 7) is 12.3. The Morgan fingerprint density at radius 1 is 0.543 bits per heavy atom. The molecule has 0 unspecified atom stereocenters. The Balaban J connectivity index is 2.21. The van der Waals surface area contributed by atoms with Crippen molar-refractivity contribution in [2.75, 3.05) is 0 Å². The molecule has 0 saturated carbocycles. The predicted octanol–water partition coefficient (Wildman–Crippen LogP) is 6.59. The maximum absolute atomic E-state index is 11.5. The summed E-state index contributed by atoms with van der Waals surface area (Å²) in [5.41, 5.74) is 11.7. The maximum Gasteiger partial charge on any atom is 0.707 e. The quantitative estimate of drug-likeness (QED) is 0.290. The van der Waals surface area contributed by atoms with Crippen molar-refractivity contribution in [1.82, 2.24) is 0 Å². The smallest absolute Gasteiger partial charge is 0.509 e. The van der Waals surface area contributed by atoms with E-state index in [1.165, 1.54) is 0 Å². The maximum atomic E-state index is 11.5. The summed E-state index contributed by atoms with van der Waals surface area (Å²) in [4.78, 5) is 0. The minimum absolute atomic E-state index is 0.0125. The molecule has 4 rings (SSSR count). The zero-order valence-electron chi connectivity index (χ0n) is 21.1. The Bertz CT molecular complexity index is 1420. The van der Waals surface area contributed by atoms with Crippen molar-refractivity contribution in [2.24, 2.45) is 0 Å². The van der Waals surface area contributed by atoms with Gasteiger partial charge in [-0.05, 0) is 86.6 Å². The van der Waals surface area contributed by atoms with E-state index in [9.17, 15) is 15.2 Å². The van der Waals surface area contributed by atoms with E-state index < -0.39 is 7.32 Å². The molecule has 0 spiro atoms. The molecule has 0 aliphatic carbocycles. The van der Waals surface area contributed by atoms with Gasteiger partial charge in [0.15, 0.2) is 5.75 Å². The summed E-state index contributed by atoms with van der Waals surface area (Å²) in [6, 6.07) is 20.3. The van der Waals surface area contributed by atoms with Crippen LogP contribution >= 0.6 is 0 Å². The lowest BCUT2D eigenvalue weighted by Gasteiger charge is -2.24. The van der Waals surface area contributed by atoms with E-state index in [-0.39, 0.29) is 11.5 Å². The van der Waals surface area contributed by atoms with Gasteiger partial charge in [0, 0.05) is 11.1 Å². The van der Waals surface area contributed by atoms with Crippen LogP contribution in [0.25, 0.3) is 33.4 Å². The molecule has 0 aromatic heterocycles. The predicted molar refractivity (Wildman–Crippen MR) is 144 cm³/mol. The van der Waals surface area contributed by atoms with Gasteiger partial charge in [-0.1, -0.05) is 71.3 Å². The van der Waals surface area contributed by atoms with Crippen molar-refractivity contribution >= 4 is 7.32 Å². The first-order chi connectivity index (χ1) is 16.6. The highest BCUT2D eigenvalue weighted by Gasteiger charge is 2.26. The molecular formula is C30H31BO4. The molecule has 0 aliphatic rings. The van der Waals surface area contributed by atoms with Gasteiger partial charge >= 0.3 is 7.32 Å². The second-order valence-electron chi connectivity index (χ2n) is 9.42. The van der Waals surface area contributed by atoms with Crippen LogP contribution in [0.3, 0.4) is 0 Å². The van der Waals surface area contributed by atoms with Crippen molar-refractivity contribution < 1.29 is 19.8 Å². The fourth-order valence-electron chi connectivity index (χ4n) is 4.91. The number of hydrogen-bond acceptors (Lipinski definition) is 4. The van der Waals surface area contributed by atoms with Crippen molar-refractivity contribution in [3.05, 3.63) is 94.0 Å². The molecule has 4 aromatic carbocycles. The molecule has 4 nitrogen and oxygen atoms in total. The van der Waals surface area contributed by atoms with Gasteiger partial charge in [-0.15, -0.1) is 0 Å². The molecule has 3 N–H and O–H groups in total. The van der Waals surface area contributed by atoms with E-state index >= 15 is 0 Å². The second-order valence-corrected chi connectivity index (χ2v) is 9.42. The highest BCUT2D eigenvalue weighted by atomic mass is 16.6. The average Bonchev–Trinajstić information content (AvgIpc) is 2.76. The topological polar surface area (TPSA) is 69.9 Å². The minimum Gasteiger partial charge on any atom is -0.509 e. The molecule has 4 aromatic rings. The number of phenols is 1. The lowest BCUT2D eigenvalue weighted by Crippen LogP contribution is -2.20. The number of aryl methyl sites for hydroxylation is 6. The summed E-state index contributed by atoms with van der Waals surface area (Å²) >= 11 is 0. The summed E-state index contributed by atoms with van der Waals surface area (Å²) in [5.74, 6) is -0.119. The Kier molecular flexibility index (Phi) is 6.75. The van der Waals surface area contributed by atoms with Crippen LogP contribution in [0.2, 0.25) is 0 Å². The molecule has 5 heteroatoms. The zero-order valence-corrected chi connectivity index (χ0v) is 21.1. The first-order valence-corrected chi connectivity index (χ1v) is 11.7. The zero-order chi connectivity index (χ0) is 25.4. The lowest BCUT2D eigenvalue weighted by atomic mass is 9.82. The normalized spacial score (nSPS) is 11.0. The standard InChI is InChI=1S/C30H31BO4/c1-17-7-10-23(20(4)13-17)26-16-27(35-31(33)34)30(32)29(25-12-9-19(3)15-22(25)6)28(26)24-11-8-18(2)14-21(24)5/h7-16,32-34H,1-6H3. The van der Waals surface area contributed by atoms with Gasteiger partial charge in [0.25, 0.3) is 0 Å². The molecule has 35 heavy (non-hydrogen) atoms. The van der Waals surface area contributed by atoms with Gasteiger partial charge in [-0.25, -0.2) is 0 Å². The number of aromatic hydroxyl groups is 1. The molecular weight excluding hydrogens is 435 g/mol. The Morgan fingerprint density at radius 3 is 1.40 bits per heavy atom. The second kappa shape index (κ2) is 9.61. The van der Waals surface area contributed by atoms with E-state index in [0.717, 1.165) is 61.2 Å². The number of benzene rings is 4. The molecule has 0 aliphatic heterocycles. The lowest BCUT2D eigenvalue weighted by molar-refractivity contribution is 0.281. The van der Waals surface area contributed by atoms with Gasteiger partial charge in [0.2, 0.25) is 0 Å². The van der Waals surface area contributed by atoms with Gasteiger partial charge in [0.05, 0.1) is 0 Å². The average molecular weight is 466 g/mol. The number of phenolic OH excluding ortho intramolecular Hbond substituents is 1. The molecule has 0 bridgehead atoms. The van der Waals surface area contributed by atoms with Crippen molar-refractivity contribution in [3.63, 3.8) is 0 Å². The Morgan fingerprint density at radius 2 is 0.971 bits per heavy atom. The van der Waals surface area contributed by atoms with Crippen LogP contribution in [0.5, 0.6) is 11.5 Å². The minimum atomic E-state index is -2.06. The molecule has 0 atom stereocenters. The molecule has 0 saturated heterocycles. The van der Waals surface area contributed by atoms with Gasteiger partial charge in [-0.3, -0.25) is 0 Å². The van der Waals surface area contributed by atoms with Crippen LogP contribution < -0.4 is 4.65 Å². The first-order valence-electron chi connectivity index (χ1n) is 11.7. The molecule has 0 radical (unpaired) electrons. The van der Waals surface area contributed by atoms with Crippen LogP contribution in [0.1, 0.15) is 33.4 Å². The molecule has 0 fully saturated rings. The van der Waals surface area contributed by atoms with Crippen molar-refractivity contribution in [1.29, 1.82) is 0 Å². The molecule has 0 heterocycles. The van der Waals surface area contributed by atoms with E-state index in [2.05, 4.69) is 70.2 Å². The van der Waals surface area contributed by atoms with E-state index in [4.69, 9.17) is 4.65 Å². The Hall–Kier alpha value is -3.54. The fraction of sp³-hybridized carbons (Fsp3) is 0.200. The van der Waals surface area contributed by atoms with Crippen molar-refractivity contribution in [3.8, 4) is 44.9 Å². The number of rotatable bonds is 5. The van der Waals surface area contributed by atoms with Crippen molar-refractivity contribution in [2.45, 2.75) is 41.5 Å². The summed E-state index contributed by atoms with van der Waals surface area (Å²) in [6.07, 6.45) is 0. The van der Waals surface area contributed by atoms with E-state index in [1.54, 1.807) is 6.07 Å². The summed E-state index contributed by atoms with van der Waals surface area (Å²) in [7, 11) is -2.06. The largest absolute Gasteiger partial charge is 0.707 e. The summed E-state index contributed by atoms with van der Waals surface area (Å²) < 4.78 is 5.30. The highest BCUT2D eigenvalue weighted by Crippen LogP contribution is 2.51. The number of hydrogen-bond donors (Lipinski definition) is 3. The fourth-order valence-corrected chi connectivity index (χ4v) is 4.91. The third kappa shape index (κ3) is 4.83. The SMILES string of the molecule is Cc1ccc(-c2cc(OB(O)O)c(O)c(-c3ccc(C)cc3C)c2-c2ccc(C)cc2C)c(C)c1. The first kappa shape index (κ1) is 24.6. The monoisotopic (exact) mass is 466 g/mol. The van der Waals surface area contributed by atoms with E-state index in [0.29, 0.717) is 5.56 Å². The van der Waals surface area contributed by atoms with Crippen LogP contribution in [0.4, 0.5) is 0 Å². The molecule has 178 valence electrons. The van der Waals surface area contributed by atoms with Gasteiger partial charge < -0.3 is 19.8 Å². The van der Waals surface area contributed by atoms with Crippen LogP contribution in [0.15, 0.2) is 60.7 Å². The highest BCUT2D eigenvalue weighted by molar-refractivity contribution is 6.34. The third-order valence-corrected chi connectivity index (χ3v) is 6.47. The van der Waals surface area contributed by atoms with E-state index in [1.807, 2.05) is 26.0 Å². The van der Waals surface area contributed by atoms with Crippen LogP contribution in [-0.4, -0.2) is 22.5 Å². The van der Waals surface area contributed by atoms with Crippen LogP contribution in [0, 0.1) is 41.5 Å².